The number of carboxylic acid groups (broad SMARTS) is 1. The molecule has 0 amide bonds. The number of rotatable bonds is 9. The molecule has 10 heteroatoms. The van der Waals surface area contributed by atoms with Gasteiger partial charge in [-0.1, -0.05) is 26.0 Å². The number of nitrogens with zero attached hydrogens (tertiary/aromatic N) is 1. The number of hydrogen-bond acceptors (Lipinski definition) is 4. The third-order valence-electron chi connectivity index (χ3n) is 6.57. The Morgan fingerprint density at radius 2 is 2.00 bits per heavy atom. The molecule has 0 aliphatic rings. The van der Waals surface area contributed by atoms with Gasteiger partial charge in [-0.15, -0.1) is 0 Å². The first kappa shape index (κ1) is 24.9. The molecule has 0 radical (unpaired) electrons. The lowest BCUT2D eigenvalue weighted by Gasteiger charge is -2.14. The zero-order valence-electron chi connectivity index (χ0n) is 20.3. The second kappa shape index (κ2) is 9.97. The van der Waals surface area contributed by atoms with Crippen LogP contribution >= 0.6 is 0 Å². The van der Waals surface area contributed by atoms with Gasteiger partial charge in [-0.3, -0.25) is 4.21 Å². The summed E-state index contributed by atoms with van der Waals surface area (Å²) in [5.41, 5.74) is 4.89. The quantitative estimate of drug-likeness (QED) is 0.157. The molecule has 1 atom stereocenters. The standard InChI is InChI=1S/C27H27FN4O4S/c1-15(2)23-24(19-4-3-5-22-18(19)7-10-32(22)11-9-29-14-37(35)36)26(27(33)34)31-25(23)20-12-16(28)13-21-17(20)6-8-30-21/h3-8,10,12-13,15,29-31H,9,11,14H2,1-2H3,(H,33,34)(H,35,36)/p-1. The van der Waals surface area contributed by atoms with Gasteiger partial charge in [-0.2, -0.15) is 0 Å². The second-order valence-corrected chi connectivity index (χ2v) is 10.1. The second-order valence-electron chi connectivity index (χ2n) is 9.21. The number of aromatic carboxylic acids is 1. The van der Waals surface area contributed by atoms with Crippen molar-refractivity contribution in [2.45, 2.75) is 26.3 Å². The lowest BCUT2D eigenvalue weighted by molar-refractivity contribution is 0.0692. The van der Waals surface area contributed by atoms with E-state index in [0.717, 1.165) is 27.4 Å². The van der Waals surface area contributed by atoms with Crippen molar-refractivity contribution < 1.29 is 23.1 Å². The predicted molar refractivity (Wildman–Crippen MR) is 142 cm³/mol. The Hall–Kier alpha value is -3.73. The number of H-pyrrole nitrogens is 2. The van der Waals surface area contributed by atoms with E-state index in [2.05, 4.69) is 15.3 Å². The molecule has 0 fully saturated rings. The molecule has 3 heterocycles. The average Bonchev–Trinajstić information content (AvgIpc) is 3.57. The van der Waals surface area contributed by atoms with Crippen LogP contribution in [0, 0.1) is 5.82 Å². The average molecular weight is 522 g/mol. The molecule has 0 bridgehead atoms. The lowest BCUT2D eigenvalue weighted by atomic mass is 9.89. The van der Waals surface area contributed by atoms with Crippen LogP contribution in [0.2, 0.25) is 0 Å². The van der Waals surface area contributed by atoms with Crippen molar-refractivity contribution >= 4 is 38.9 Å². The van der Waals surface area contributed by atoms with Gasteiger partial charge in [0.25, 0.3) is 0 Å². The number of aromatic nitrogens is 3. The summed E-state index contributed by atoms with van der Waals surface area (Å²) in [6.45, 7) is 4.99. The highest BCUT2D eigenvalue weighted by Crippen LogP contribution is 2.44. The van der Waals surface area contributed by atoms with E-state index in [1.165, 1.54) is 12.1 Å². The Kier molecular flexibility index (Phi) is 6.72. The van der Waals surface area contributed by atoms with Crippen molar-refractivity contribution in [3.8, 4) is 22.4 Å². The summed E-state index contributed by atoms with van der Waals surface area (Å²) in [7, 11) is 0. The topological polar surface area (TPSA) is 126 Å². The first-order chi connectivity index (χ1) is 17.8. The van der Waals surface area contributed by atoms with Crippen molar-refractivity contribution in [2.24, 2.45) is 0 Å². The van der Waals surface area contributed by atoms with Gasteiger partial charge in [0.05, 0.1) is 11.6 Å². The Labute approximate surface area is 214 Å². The van der Waals surface area contributed by atoms with E-state index in [0.29, 0.717) is 35.4 Å². The van der Waals surface area contributed by atoms with Crippen LogP contribution in [0.4, 0.5) is 4.39 Å². The normalized spacial score (nSPS) is 12.7. The molecule has 2 aromatic carbocycles. The summed E-state index contributed by atoms with van der Waals surface area (Å²) in [5.74, 6) is -1.70. The van der Waals surface area contributed by atoms with E-state index >= 15 is 0 Å². The number of nitrogens with one attached hydrogen (secondary N) is 3. The highest BCUT2D eigenvalue weighted by Gasteiger charge is 2.28. The molecule has 0 spiro atoms. The third kappa shape index (κ3) is 4.59. The molecular weight excluding hydrogens is 495 g/mol. The maximum Gasteiger partial charge on any atom is 0.352 e. The fourth-order valence-electron chi connectivity index (χ4n) is 5.07. The zero-order chi connectivity index (χ0) is 26.3. The van der Waals surface area contributed by atoms with E-state index in [1.807, 2.05) is 54.9 Å². The number of halogens is 1. The van der Waals surface area contributed by atoms with Gasteiger partial charge in [0.1, 0.15) is 11.5 Å². The maximum absolute atomic E-state index is 14.6. The Bertz CT molecular complexity index is 1650. The summed E-state index contributed by atoms with van der Waals surface area (Å²) < 4.78 is 38.1. The van der Waals surface area contributed by atoms with E-state index in [1.54, 1.807) is 6.20 Å². The van der Waals surface area contributed by atoms with E-state index in [-0.39, 0.29) is 17.5 Å². The van der Waals surface area contributed by atoms with Crippen LogP contribution in [0.5, 0.6) is 0 Å². The summed E-state index contributed by atoms with van der Waals surface area (Å²) in [6, 6.07) is 12.4. The van der Waals surface area contributed by atoms with E-state index in [4.69, 9.17) is 0 Å². The van der Waals surface area contributed by atoms with Crippen LogP contribution in [-0.4, -0.2) is 46.8 Å². The largest absolute Gasteiger partial charge is 0.771 e. The van der Waals surface area contributed by atoms with Crippen molar-refractivity contribution in [3.05, 3.63) is 71.9 Å². The van der Waals surface area contributed by atoms with Crippen LogP contribution in [0.1, 0.15) is 35.8 Å². The van der Waals surface area contributed by atoms with Crippen molar-refractivity contribution in [1.29, 1.82) is 0 Å². The molecule has 192 valence electrons. The molecule has 37 heavy (non-hydrogen) atoms. The monoisotopic (exact) mass is 521 g/mol. The van der Waals surface area contributed by atoms with Crippen molar-refractivity contribution in [3.63, 3.8) is 0 Å². The number of aromatic amines is 2. The van der Waals surface area contributed by atoms with Crippen molar-refractivity contribution in [2.75, 3.05) is 12.4 Å². The summed E-state index contributed by atoms with van der Waals surface area (Å²) in [6.07, 6.45) is 3.64. The van der Waals surface area contributed by atoms with E-state index < -0.39 is 22.9 Å². The van der Waals surface area contributed by atoms with E-state index in [9.17, 15) is 23.1 Å². The molecule has 0 aliphatic carbocycles. The van der Waals surface area contributed by atoms with Gasteiger partial charge in [-0.25, -0.2) is 9.18 Å². The van der Waals surface area contributed by atoms with Crippen molar-refractivity contribution in [1.82, 2.24) is 19.9 Å². The molecule has 5 aromatic rings. The minimum Gasteiger partial charge on any atom is -0.771 e. The van der Waals surface area contributed by atoms with Crippen LogP contribution in [0.15, 0.2) is 54.9 Å². The predicted octanol–water partition coefficient (Wildman–Crippen LogP) is 5.17. The first-order valence-electron chi connectivity index (χ1n) is 11.9. The molecule has 0 saturated heterocycles. The molecule has 5 rings (SSSR count). The van der Waals surface area contributed by atoms with Gasteiger partial charge in [0.2, 0.25) is 0 Å². The van der Waals surface area contributed by atoms with Crippen LogP contribution in [-0.2, 0) is 17.6 Å². The SMILES string of the molecule is CC(C)c1c(-c2cc(F)cc3[nH]ccc23)[nH]c(C(=O)O)c1-c1cccc2c1ccn2CCNCS(=O)[O-]. The summed E-state index contributed by atoms with van der Waals surface area (Å²) in [5, 5.41) is 14.7. The van der Waals surface area contributed by atoms with Gasteiger partial charge in [0, 0.05) is 58.4 Å². The Balaban J connectivity index is 1.70. The molecule has 8 nitrogen and oxygen atoms in total. The molecule has 0 saturated carbocycles. The molecule has 0 aliphatic heterocycles. The smallest absolute Gasteiger partial charge is 0.352 e. The minimum absolute atomic E-state index is 0.0477. The van der Waals surface area contributed by atoms with Gasteiger partial charge in [0.15, 0.2) is 0 Å². The molecule has 4 N–H and O–H groups in total. The lowest BCUT2D eigenvalue weighted by Crippen LogP contribution is -2.23. The zero-order valence-corrected chi connectivity index (χ0v) is 21.1. The fourth-order valence-corrected chi connectivity index (χ4v) is 5.39. The van der Waals surface area contributed by atoms with Gasteiger partial charge in [-0.05, 0) is 58.5 Å². The maximum atomic E-state index is 14.6. The van der Waals surface area contributed by atoms with Gasteiger partial charge < -0.3 is 29.5 Å². The van der Waals surface area contributed by atoms with Crippen LogP contribution in [0.25, 0.3) is 44.2 Å². The molecular formula is C27H26FN4O4S-. The molecule has 1 unspecified atom stereocenters. The van der Waals surface area contributed by atoms with Gasteiger partial charge >= 0.3 is 5.97 Å². The summed E-state index contributed by atoms with van der Waals surface area (Å²) >= 11 is -2.16. The number of carbonyl (C=O) groups is 1. The first-order valence-corrected chi connectivity index (χ1v) is 13.1. The Morgan fingerprint density at radius 1 is 1.19 bits per heavy atom. The fraction of sp³-hybridized carbons (Fsp3) is 0.222. The molecule has 3 aromatic heterocycles. The third-order valence-corrected chi connectivity index (χ3v) is 7.01. The number of carboxylic acids is 1. The number of hydrogen-bond donors (Lipinski definition) is 4. The number of benzene rings is 2. The number of fused-ring (bicyclic) bond motifs is 2. The Morgan fingerprint density at radius 3 is 2.73 bits per heavy atom. The minimum atomic E-state index is -2.16. The summed E-state index contributed by atoms with van der Waals surface area (Å²) in [4.78, 5) is 18.7. The highest BCUT2D eigenvalue weighted by atomic mass is 32.2. The van der Waals surface area contributed by atoms with Crippen LogP contribution in [0.3, 0.4) is 0 Å². The highest BCUT2D eigenvalue weighted by molar-refractivity contribution is 7.79. The van der Waals surface area contributed by atoms with Crippen LogP contribution < -0.4 is 5.32 Å².